The Morgan fingerprint density at radius 3 is 2.58 bits per heavy atom. The van der Waals surface area contributed by atoms with Crippen LogP contribution in [0.15, 0.2) is 55.4 Å². The maximum atomic E-state index is 12.4. The van der Waals surface area contributed by atoms with Gasteiger partial charge in [-0.1, -0.05) is 18.2 Å². The Morgan fingerprint density at radius 2 is 1.88 bits per heavy atom. The molecule has 8 nitrogen and oxygen atoms in total. The molecule has 24 heavy (non-hydrogen) atoms. The van der Waals surface area contributed by atoms with Gasteiger partial charge in [0.15, 0.2) is 11.1 Å². The third kappa shape index (κ3) is 2.68. The number of aromatic nitrogens is 2. The van der Waals surface area contributed by atoms with Crippen molar-refractivity contribution in [3.8, 4) is 0 Å². The van der Waals surface area contributed by atoms with Gasteiger partial charge in [-0.3, -0.25) is 9.78 Å². The summed E-state index contributed by atoms with van der Waals surface area (Å²) in [5.41, 5.74) is 0.222. The van der Waals surface area contributed by atoms with E-state index < -0.39 is 21.3 Å². The molecule has 0 amide bonds. The molecule has 0 radical (unpaired) electrons. The lowest BCUT2D eigenvalue weighted by Gasteiger charge is -2.15. The molecule has 1 N–H and O–H groups in total. The first-order chi connectivity index (χ1) is 11.3. The summed E-state index contributed by atoms with van der Waals surface area (Å²) in [5, 5.41) is 0. The second-order valence-corrected chi connectivity index (χ2v) is 7.52. The summed E-state index contributed by atoms with van der Waals surface area (Å²) in [6, 6.07) is 7.95. The van der Waals surface area contributed by atoms with Crippen LogP contribution in [0.2, 0.25) is 0 Å². The van der Waals surface area contributed by atoms with Crippen molar-refractivity contribution in [3.05, 3.63) is 63.0 Å². The van der Waals surface area contributed by atoms with Crippen molar-refractivity contribution in [2.24, 2.45) is 0 Å². The lowest BCUT2D eigenvalue weighted by atomic mass is 10.2. The first-order valence-electron chi connectivity index (χ1n) is 7.03. The number of sulfonamides is 1. The van der Waals surface area contributed by atoms with Crippen LogP contribution in [0.5, 0.6) is 0 Å². The van der Waals surface area contributed by atoms with Gasteiger partial charge in [0.05, 0.1) is 11.4 Å². The first-order valence-corrected chi connectivity index (χ1v) is 8.47. The number of fused-ring (bicyclic) bond motifs is 1. The molecule has 0 spiro atoms. The minimum Gasteiger partial charge on any atom is -0.408 e. The smallest absolute Gasteiger partial charge is 0.408 e. The summed E-state index contributed by atoms with van der Waals surface area (Å²) >= 11 is 0. The van der Waals surface area contributed by atoms with E-state index in [1.54, 1.807) is 18.2 Å². The molecule has 126 valence electrons. The standard InChI is InChI=1S/C15H15N3O5S/c1-17(2)24(21,22)12-6-4-3-5-10(12)9-18-8-7-11-13(14(18)19)16-15(20)23-11/h3-8H,9H2,1-2H3,(H,16,20). The quantitative estimate of drug-likeness (QED) is 0.742. The molecule has 0 atom stereocenters. The summed E-state index contributed by atoms with van der Waals surface area (Å²) in [4.78, 5) is 26.1. The molecular formula is C15H15N3O5S. The number of nitrogens with one attached hydrogen (secondary N) is 1. The largest absolute Gasteiger partial charge is 0.417 e. The Bertz CT molecular complexity index is 1120. The van der Waals surface area contributed by atoms with Crippen molar-refractivity contribution in [1.29, 1.82) is 0 Å². The second kappa shape index (κ2) is 5.77. The van der Waals surface area contributed by atoms with Gasteiger partial charge < -0.3 is 8.98 Å². The monoisotopic (exact) mass is 349 g/mol. The molecule has 0 aliphatic heterocycles. The number of oxazole rings is 1. The Balaban J connectivity index is 2.12. The van der Waals surface area contributed by atoms with Gasteiger partial charge in [0, 0.05) is 20.3 Å². The Morgan fingerprint density at radius 1 is 1.17 bits per heavy atom. The number of hydrogen-bond acceptors (Lipinski definition) is 5. The maximum Gasteiger partial charge on any atom is 0.417 e. The molecule has 3 aromatic rings. The van der Waals surface area contributed by atoms with Crippen LogP contribution in [-0.4, -0.2) is 36.4 Å². The van der Waals surface area contributed by atoms with E-state index in [1.807, 2.05) is 0 Å². The number of H-pyrrole nitrogens is 1. The number of benzene rings is 1. The highest BCUT2D eigenvalue weighted by atomic mass is 32.2. The van der Waals surface area contributed by atoms with Gasteiger partial charge in [-0.2, -0.15) is 0 Å². The van der Waals surface area contributed by atoms with Gasteiger partial charge in [-0.15, -0.1) is 0 Å². The molecule has 0 aliphatic rings. The maximum absolute atomic E-state index is 12.4. The van der Waals surface area contributed by atoms with Gasteiger partial charge >= 0.3 is 5.76 Å². The Hall–Kier alpha value is -2.65. The normalized spacial score (nSPS) is 12.1. The Kier molecular flexibility index (Phi) is 3.90. The van der Waals surface area contributed by atoms with E-state index in [4.69, 9.17) is 4.42 Å². The summed E-state index contributed by atoms with van der Waals surface area (Å²) in [5.74, 6) is -0.713. The zero-order valence-electron chi connectivity index (χ0n) is 13.0. The van der Waals surface area contributed by atoms with Crippen molar-refractivity contribution in [2.75, 3.05) is 14.1 Å². The highest BCUT2D eigenvalue weighted by Gasteiger charge is 2.21. The number of rotatable bonds is 4. The van der Waals surface area contributed by atoms with Gasteiger partial charge in [-0.25, -0.2) is 17.5 Å². The zero-order valence-corrected chi connectivity index (χ0v) is 13.8. The van der Waals surface area contributed by atoms with Crippen LogP contribution in [-0.2, 0) is 16.6 Å². The van der Waals surface area contributed by atoms with Gasteiger partial charge in [-0.05, 0) is 17.7 Å². The van der Waals surface area contributed by atoms with Gasteiger partial charge in [0.2, 0.25) is 10.0 Å². The van der Waals surface area contributed by atoms with E-state index in [0.717, 1.165) is 4.31 Å². The number of aromatic amines is 1. The van der Waals surface area contributed by atoms with Crippen LogP contribution in [0.1, 0.15) is 5.56 Å². The molecule has 0 fully saturated rings. The number of hydrogen-bond donors (Lipinski definition) is 1. The van der Waals surface area contributed by atoms with Crippen molar-refractivity contribution >= 4 is 21.1 Å². The second-order valence-electron chi connectivity index (χ2n) is 5.40. The van der Waals surface area contributed by atoms with Crippen LogP contribution in [0.3, 0.4) is 0 Å². The predicted octanol–water partition coefficient (Wildman–Crippen LogP) is 0.581. The average Bonchev–Trinajstić information content (AvgIpc) is 2.92. The minimum atomic E-state index is -3.64. The number of nitrogens with zero attached hydrogens (tertiary/aromatic N) is 2. The lowest BCUT2D eigenvalue weighted by molar-refractivity contribution is 0.519. The third-order valence-corrected chi connectivity index (χ3v) is 5.54. The topological polar surface area (TPSA) is 105 Å². The van der Waals surface area contributed by atoms with Crippen LogP contribution < -0.4 is 11.3 Å². The number of pyridine rings is 1. The molecule has 2 aromatic heterocycles. The molecule has 2 heterocycles. The van der Waals surface area contributed by atoms with Crippen molar-refractivity contribution < 1.29 is 12.8 Å². The summed E-state index contributed by atoms with van der Waals surface area (Å²) in [6.45, 7) is 0.0469. The van der Waals surface area contributed by atoms with E-state index in [1.165, 1.54) is 37.0 Å². The minimum absolute atomic E-state index is 0.0469. The van der Waals surface area contributed by atoms with Crippen molar-refractivity contribution in [1.82, 2.24) is 13.9 Å². The van der Waals surface area contributed by atoms with Crippen LogP contribution in [0, 0.1) is 0 Å². The fourth-order valence-corrected chi connectivity index (χ4v) is 3.48. The highest BCUT2D eigenvalue weighted by Crippen LogP contribution is 2.19. The zero-order chi connectivity index (χ0) is 17.5. The summed E-state index contributed by atoms with van der Waals surface area (Å²) < 4.78 is 32.1. The molecule has 0 bridgehead atoms. The third-order valence-electron chi connectivity index (χ3n) is 3.63. The van der Waals surface area contributed by atoms with E-state index in [2.05, 4.69) is 4.98 Å². The Labute approximate surface area is 137 Å². The molecular weight excluding hydrogens is 334 g/mol. The predicted molar refractivity (Wildman–Crippen MR) is 87.5 cm³/mol. The molecule has 0 unspecified atom stereocenters. The van der Waals surface area contributed by atoms with E-state index in [-0.39, 0.29) is 22.5 Å². The first kappa shape index (κ1) is 16.2. The van der Waals surface area contributed by atoms with E-state index in [0.29, 0.717) is 5.56 Å². The van der Waals surface area contributed by atoms with Crippen LogP contribution >= 0.6 is 0 Å². The van der Waals surface area contributed by atoms with Crippen LogP contribution in [0.4, 0.5) is 0 Å². The molecule has 0 saturated carbocycles. The SMILES string of the molecule is CN(C)S(=O)(=O)c1ccccc1Cn1ccc2oc(=O)[nH]c2c1=O. The summed E-state index contributed by atoms with van der Waals surface area (Å²) in [7, 11) is -0.747. The van der Waals surface area contributed by atoms with E-state index in [9.17, 15) is 18.0 Å². The van der Waals surface area contributed by atoms with Gasteiger partial charge in [0.1, 0.15) is 0 Å². The molecule has 9 heteroatoms. The van der Waals surface area contributed by atoms with Gasteiger partial charge in [0.25, 0.3) is 5.56 Å². The lowest BCUT2D eigenvalue weighted by Crippen LogP contribution is -2.25. The molecule has 3 rings (SSSR count). The van der Waals surface area contributed by atoms with Crippen molar-refractivity contribution in [2.45, 2.75) is 11.4 Å². The highest BCUT2D eigenvalue weighted by molar-refractivity contribution is 7.89. The fraction of sp³-hybridized carbons (Fsp3) is 0.200. The molecule has 0 aliphatic carbocycles. The molecule has 0 saturated heterocycles. The fourth-order valence-electron chi connectivity index (χ4n) is 2.38. The van der Waals surface area contributed by atoms with Crippen LogP contribution in [0.25, 0.3) is 11.1 Å². The van der Waals surface area contributed by atoms with E-state index >= 15 is 0 Å². The molecule has 1 aromatic carbocycles. The average molecular weight is 349 g/mol. The summed E-state index contributed by atoms with van der Waals surface area (Å²) in [6.07, 6.45) is 1.46. The van der Waals surface area contributed by atoms with Crippen molar-refractivity contribution in [3.63, 3.8) is 0 Å².